The van der Waals surface area contributed by atoms with Crippen LogP contribution >= 0.6 is 23.2 Å². The van der Waals surface area contributed by atoms with Crippen LogP contribution in [0.2, 0.25) is 10.0 Å². The summed E-state index contributed by atoms with van der Waals surface area (Å²) in [6, 6.07) is 15.2. The molecule has 5 heteroatoms. The van der Waals surface area contributed by atoms with Crippen molar-refractivity contribution in [2.75, 3.05) is 18.4 Å². The molecule has 0 spiro atoms. The first-order valence-electron chi connectivity index (χ1n) is 7.15. The topological polar surface area (TPSA) is 41.1 Å². The predicted molar refractivity (Wildman–Crippen MR) is 92.7 cm³/mol. The molecule has 0 aromatic heterocycles. The standard InChI is InChI=1S/C17H18Cl2N2O/c18-14-6-7-15(19)16(12-14)21-17(22)9-11-20-10-8-13-4-2-1-3-5-13/h1-7,12,20H,8-11H2,(H,21,22). The highest BCUT2D eigenvalue weighted by Gasteiger charge is 2.06. The van der Waals surface area contributed by atoms with E-state index in [0.29, 0.717) is 28.7 Å². The number of anilines is 1. The van der Waals surface area contributed by atoms with E-state index in [1.54, 1.807) is 18.2 Å². The minimum Gasteiger partial charge on any atom is -0.325 e. The van der Waals surface area contributed by atoms with E-state index < -0.39 is 0 Å². The van der Waals surface area contributed by atoms with Crippen LogP contribution < -0.4 is 10.6 Å². The monoisotopic (exact) mass is 336 g/mol. The van der Waals surface area contributed by atoms with Crippen molar-refractivity contribution in [2.24, 2.45) is 0 Å². The molecular formula is C17H18Cl2N2O. The van der Waals surface area contributed by atoms with E-state index >= 15 is 0 Å². The largest absolute Gasteiger partial charge is 0.325 e. The number of amides is 1. The molecule has 0 fully saturated rings. The van der Waals surface area contributed by atoms with Crippen molar-refractivity contribution in [3.05, 3.63) is 64.1 Å². The average Bonchev–Trinajstić information content (AvgIpc) is 2.51. The Hall–Kier alpha value is -1.55. The summed E-state index contributed by atoms with van der Waals surface area (Å²) < 4.78 is 0. The van der Waals surface area contributed by atoms with E-state index in [0.717, 1.165) is 13.0 Å². The lowest BCUT2D eigenvalue weighted by Crippen LogP contribution is -2.23. The molecule has 0 saturated carbocycles. The molecule has 1 amide bonds. The van der Waals surface area contributed by atoms with Gasteiger partial charge in [0.15, 0.2) is 0 Å². The number of nitrogens with one attached hydrogen (secondary N) is 2. The van der Waals surface area contributed by atoms with Crippen molar-refractivity contribution >= 4 is 34.8 Å². The molecule has 2 N–H and O–H groups in total. The number of carbonyl (C=O) groups excluding carboxylic acids is 1. The number of hydrogen-bond donors (Lipinski definition) is 2. The lowest BCUT2D eigenvalue weighted by molar-refractivity contribution is -0.116. The van der Waals surface area contributed by atoms with Crippen molar-refractivity contribution in [3.63, 3.8) is 0 Å². The lowest BCUT2D eigenvalue weighted by atomic mass is 10.1. The van der Waals surface area contributed by atoms with Gasteiger partial charge in [0.2, 0.25) is 5.91 Å². The highest BCUT2D eigenvalue weighted by molar-refractivity contribution is 6.35. The quantitative estimate of drug-likeness (QED) is 0.745. The first kappa shape index (κ1) is 16.8. The summed E-state index contributed by atoms with van der Waals surface area (Å²) in [5.74, 6) is -0.0867. The zero-order valence-corrected chi connectivity index (χ0v) is 13.6. The maximum atomic E-state index is 11.9. The summed E-state index contributed by atoms with van der Waals surface area (Å²) in [6.07, 6.45) is 1.33. The van der Waals surface area contributed by atoms with Crippen LogP contribution in [0.5, 0.6) is 0 Å². The molecular weight excluding hydrogens is 319 g/mol. The summed E-state index contributed by atoms with van der Waals surface area (Å²) in [4.78, 5) is 11.9. The van der Waals surface area contributed by atoms with Gasteiger partial charge in [-0.3, -0.25) is 4.79 Å². The number of hydrogen-bond acceptors (Lipinski definition) is 2. The van der Waals surface area contributed by atoms with Gasteiger partial charge in [-0.15, -0.1) is 0 Å². The fourth-order valence-corrected chi connectivity index (χ4v) is 2.35. The number of benzene rings is 2. The van der Waals surface area contributed by atoms with Gasteiger partial charge in [0.05, 0.1) is 10.7 Å². The maximum absolute atomic E-state index is 11.9. The third kappa shape index (κ3) is 5.68. The molecule has 0 aliphatic rings. The Labute approximate surface area is 140 Å². The third-order valence-corrected chi connectivity index (χ3v) is 3.73. The minimum absolute atomic E-state index is 0.0867. The smallest absolute Gasteiger partial charge is 0.225 e. The predicted octanol–water partition coefficient (Wildman–Crippen LogP) is 4.15. The SMILES string of the molecule is O=C(CCNCCc1ccccc1)Nc1cc(Cl)ccc1Cl. The molecule has 0 aliphatic carbocycles. The van der Waals surface area contributed by atoms with Gasteiger partial charge in [-0.25, -0.2) is 0 Å². The molecule has 0 bridgehead atoms. The molecule has 2 rings (SSSR count). The molecule has 3 nitrogen and oxygen atoms in total. The van der Waals surface area contributed by atoms with Crippen LogP contribution in [0.3, 0.4) is 0 Å². The summed E-state index contributed by atoms with van der Waals surface area (Å²) in [7, 11) is 0. The molecule has 0 saturated heterocycles. The highest BCUT2D eigenvalue weighted by atomic mass is 35.5. The Morgan fingerprint density at radius 3 is 2.55 bits per heavy atom. The average molecular weight is 337 g/mol. The highest BCUT2D eigenvalue weighted by Crippen LogP contribution is 2.25. The van der Waals surface area contributed by atoms with Crippen LogP contribution in [-0.2, 0) is 11.2 Å². The Balaban J connectivity index is 1.66. The summed E-state index contributed by atoms with van der Waals surface area (Å²) >= 11 is 11.9. The van der Waals surface area contributed by atoms with E-state index in [4.69, 9.17) is 23.2 Å². The van der Waals surface area contributed by atoms with Crippen LogP contribution in [0.1, 0.15) is 12.0 Å². The van der Waals surface area contributed by atoms with Crippen molar-refractivity contribution < 1.29 is 4.79 Å². The van der Waals surface area contributed by atoms with E-state index in [9.17, 15) is 4.79 Å². The summed E-state index contributed by atoms with van der Waals surface area (Å²) in [5, 5.41) is 7.04. The second-order valence-corrected chi connectivity index (χ2v) is 5.75. The molecule has 0 atom stereocenters. The maximum Gasteiger partial charge on any atom is 0.225 e. The third-order valence-electron chi connectivity index (χ3n) is 3.16. The van der Waals surface area contributed by atoms with Gasteiger partial charge >= 0.3 is 0 Å². The number of rotatable bonds is 7. The van der Waals surface area contributed by atoms with Crippen LogP contribution in [0.15, 0.2) is 48.5 Å². The minimum atomic E-state index is -0.0867. The zero-order chi connectivity index (χ0) is 15.8. The lowest BCUT2D eigenvalue weighted by Gasteiger charge is -2.08. The Morgan fingerprint density at radius 1 is 1.00 bits per heavy atom. The van der Waals surface area contributed by atoms with E-state index in [-0.39, 0.29) is 5.91 Å². The van der Waals surface area contributed by atoms with Gasteiger partial charge in [0, 0.05) is 18.0 Å². The fourth-order valence-electron chi connectivity index (χ4n) is 2.01. The molecule has 22 heavy (non-hydrogen) atoms. The molecule has 2 aromatic carbocycles. The fraction of sp³-hybridized carbons (Fsp3) is 0.235. The van der Waals surface area contributed by atoms with Crippen LogP contribution in [0.25, 0.3) is 0 Å². The second kappa shape index (κ2) is 8.79. The van der Waals surface area contributed by atoms with E-state index in [2.05, 4.69) is 22.8 Å². The van der Waals surface area contributed by atoms with Crippen molar-refractivity contribution in [2.45, 2.75) is 12.8 Å². The van der Waals surface area contributed by atoms with Gasteiger partial charge in [-0.1, -0.05) is 53.5 Å². The number of carbonyl (C=O) groups is 1. The molecule has 0 aliphatic heterocycles. The van der Waals surface area contributed by atoms with Gasteiger partial charge in [0.25, 0.3) is 0 Å². The molecule has 0 unspecified atom stereocenters. The van der Waals surface area contributed by atoms with Crippen LogP contribution in [0.4, 0.5) is 5.69 Å². The molecule has 0 radical (unpaired) electrons. The number of halogens is 2. The summed E-state index contributed by atoms with van der Waals surface area (Å²) in [5.41, 5.74) is 1.83. The first-order chi connectivity index (χ1) is 10.6. The van der Waals surface area contributed by atoms with Gasteiger partial charge in [-0.2, -0.15) is 0 Å². The van der Waals surface area contributed by atoms with E-state index in [1.807, 2.05) is 18.2 Å². The van der Waals surface area contributed by atoms with Gasteiger partial charge in [-0.05, 0) is 36.7 Å². The molecule has 116 valence electrons. The Kier molecular flexibility index (Phi) is 6.72. The Bertz CT molecular complexity index is 617. The van der Waals surface area contributed by atoms with Crippen LogP contribution in [0, 0.1) is 0 Å². The van der Waals surface area contributed by atoms with Crippen molar-refractivity contribution in [1.29, 1.82) is 0 Å². The second-order valence-electron chi connectivity index (χ2n) is 4.91. The zero-order valence-electron chi connectivity index (χ0n) is 12.1. The molecule has 2 aromatic rings. The van der Waals surface area contributed by atoms with E-state index in [1.165, 1.54) is 5.56 Å². The summed E-state index contributed by atoms with van der Waals surface area (Å²) in [6.45, 7) is 1.46. The van der Waals surface area contributed by atoms with Crippen LogP contribution in [-0.4, -0.2) is 19.0 Å². The molecule has 0 heterocycles. The Morgan fingerprint density at radius 2 is 1.77 bits per heavy atom. The normalized spacial score (nSPS) is 10.5. The van der Waals surface area contributed by atoms with Crippen molar-refractivity contribution in [1.82, 2.24) is 5.32 Å². The van der Waals surface area contributed by atoms with Gasteiger partial charge < -0.3 is 10.6 Å². The van der Waals surface area contributed by atoms with Gasteiger partial charge in [0.1, 0.15) is 0 Å². The first-order valence-corrected chi connectivity index (χ1v) is 7.90. The van der Waals surface area contributed by atoms with Crippen molar-refractivity contribution in [3.8, 4) is 0 Å².